The van der Waals surface area contributed by atoms with Crippen molar-refractivity contribution < 1.29 is 19.4 Å². The van der Waals surface area contributed by atoms with E-state index < -0.39 is 11.5 Å². The molecular weight excluding hydrogens is 260 g/mol. The Labute approximate surface area is 117 Å². The van der Waals surface area contributed by atoms with Gasteiger partial charge in [0.1, 0.15) is 5.75 Å². The molecule has 1 aromatic rings. The van der Waals surface area contributed by atoms with E-state index in [-0.39, 0.29) is 23.6 Å². The van der Waals surface area contributed by atoms with Crippen LogP contribution in [0.3, 0.4) is 0 Å². The summed E-state index contributed by atoms with van der Waals surface area (Å²) in [5.41, 5.74) is 5.60. The lowest BCUT2D eigenvalue weighted by Gasteiger charge is -2.18. The van der Waals surface area contributed by atoms with Gasteiger partial charge in [-0.3, -0.25) is 4.79 Å². The van der Waals surface area contributed by atoms with Gasteiger partial charge in [0, 0.05) is 18.0 Å². The molecule has 0 saturated carbocycles. The number of aromatic carboxylic acids is 1. The molecule has 0 saturated heterocycles. The largest absolute Gasteiger partial charge is 0.497 e. The molecule has 4 N–H and O–H groups in total. The number of carboxylic acids is 1. The number of ether oxygens (including phenoxy) is 1. The van der Waals surface area contributed by atoms with E-state index in [1.165, 1.54) is 25.3 Å². The first-order chi connectivity index (χ1) is 9.23. The van der Waals surface area contributed by atoms with Crippen LogP contribution in [0.4, 0.5) is 5.69 Å². The smallest absolute Gasteiger partial charge is 0.337 e. The van der Waals surface area contributed by atoms with Crippen LogP contribution in [0.5, 0.6) is 5.75 Å². The summed E-state index contributed by atoms with van der Waals surface area (Å²) in [5.74, 6) is -0.911. The molecule has 0 bridgehead atoms. The van der Waals surface area contributed by atoms with Crippen LogP contribution in [-0.4, -0.2) is 29.6 Å². The Bertz CT molecular complexity index is 506. The second-order valence-electron chi connectivity index (χ2n) is 5.25. The highest BCUT2D eigenvalue weighted by Gasteiger charge is 2.16. The van der Waals surface area contributed by atoms with E-state index in [9.17, 15) is 9.59 Å². The molecule has 1 aromatic carbocycles. The molecule has 6 nitrogen and oxygen atoms in total. The molecule has 0 heterocycles. The minimum atomic E-state index is -1.11. The van der Waals surface area contributed by atoms with E-state index in [0.29, 0.717) is 12.2 Å². The molecule has 1 rings (SSSR count). The zero-order valence-electron chi connectivity index (χ0n) is 11.9. The van der Waals surface area contributed by atoms with Gasteiger partial charge >= 0.3 is 5.97 Å². The van der Waals surface area contributed by atoms with E-state index in [1.54, 1.807) is 0 Å². The van der Waals surface area contributed by atoms with E-state index in [0.717, 1.165) is 0 Å². The molecule has 0 aromatic heterocycles. The van der Waals surface area contributed by atoms with Crippen molar-refractivity contribution in [2.75, 3.05) is 12.4 Å². The van der Waals surface area contributed by atoms with Crippen molar-refractivity contribution in [1.29, 1.82) is 0 Å². The summed E-state index contributed by atoms with van der Waals surface area (Å²) >= 11 is 0. The quantitative estimate of drug-likeness (QED) is 0.738. The van der Waals surface area contributed by atoms with Crippen molar-refractivity contribution in [3.05, 3.63) is 23.8 Å². The number of nitrogens with one attached hydrogen (secondary N) is 1. The highest BCUT2D eigenvalue weighted by atomic mass is 16.5. The molecular formula is C14H20N2O4. The normalized spacial score (nSPS) is 11.0. The number of hydrogen-bond donors (Lipinski definition) is 3. The Morgan fingerprint density at radius 3 is 2.55 bits per heavy atom. The maximum atomic E-state index is 11.8. The number of carbonyl (C=O) groups excluding carboxylic acids is 1. The number of carbonyl (C=O) groups is 2. The van der Waals surface area contributed by atoms with Crippen LogP contribution < -0.4 is 15.8 Å². The number of methoxy groups -OCH3 is 1. The van der Waals surface area contributed by atoms with Crippen LogP contribution in [0.2, 0.25) is 0 Å². The van der Waals surface area contributed by atoms with Crippen molar-refractivity contribution in [3.63, 3.8) is 0 Å². The Balaban J connectivity index is 2.84. The van der Waals surface area contributed by atoms with E-state index in [4.69, 9.17) is 15.6 Å². The van der Waals surface area contributed by atoms with Crippen molar-refractivity contribution in [3.8, 4) is 5.75 Å². The Morgan fingerprint density at radius 2 is 2.05 bits per heavy atom. The summed E-state index contributed by atoms with van der Waals surface area (Å²) in [4.78, 5) is 22.9. The van der Waals surface area contributed by atoms with Gasteiger partial charge in [-0.1, -0.05) is 0 Å². The van der Waals surface area contributed by atoms with Gasteiger partial charge in [0.15, 0.2) is 0 Å². The first-order valence-corrected chi connectivity index (χ1v) is 6.23. The first kappa shape index (κ1) is 16.0. The van der Waals surface area contributed by atoms with Crippen molar-refractivity contribution in [2.24, 2.45) is 5.73 Å². The number of carboxylic acid groups (broad SMARTS) is 1. The third kappa shape index (κ3) is 4.89. The molecule has 0 aliphatic rings. The molecule has 0 unspecified atom stereocenters. The zero-order chi connectivity index (χ0) is 15.3. The Morgan fingerprint density at radius 1 is 1.40 bits per heavy atom. The number of rotatable bonds is 6. The maximum absolute atomic E-state index is 11.8. The van der Waals surface area contributed by atoms with Gasteiger partial charge in [-0.05, 0) is 32.4 Å². The van der Waals surface area contributed by atoms with Crippen molar-refractivity contribution in [1.82, 2.24) is 0 Å². The lowest BCUT2D eigenvalue weighted by Crippen LogP contribution is -2.33. The molecule has 0 radical (unpaired) electrons. The summed E-state index contributed by atoms with van der Waals surface area (Å²) in [6.07, 6.45) is 0.727. The molecule has 0 spiro atoms. The minimum Gasteiger partial charge on any atom is -0.497 e. The van der Waals surface area contributed by atoms with Crippen LogP contribution in [0.15, 0.2) is 18.2 Å². The maximum Gasteiger partial charge on any atom is 0.337 e. The first-order valence-electron chi connectivity index (χ1n) is 6.23. The predicted octanol–water partition coefficient (Wildman–Crippen LogP) is 1.85. The standard InChI is InChI=1S/C14H20N2O4/c1-14(2,15)7-6-12(17)16-11-8-9(20-3)4-5-10(11)13(18)19/h4-5,8H,6-7,15H2,1-3H3,(H,16,17)(H,18,19). The van der Waals surface area contributed by atoms with Crippen molar-refractivity contribution >= 4 is 17.6 Å². The highest BCUT2D eigenvalue weighted by molar-refractivity contribution is 6.00. The lowest BCUT2D eigenvalue weighted by atomic mass is 10.00. The second kappa shape index (κ2) is 6.38. The van der Waals surface area contributed by atoms with E-state index >= 15 is 0 Å². The van der Waals surface area contributed by atoms with Gasteiger partial charge < -0.3 is 20.9 Å². The SMILES string of the molecule is COc1ccc(C(=O)O)c(NC(=O)CCC(C)(C)N)c1. The fraction of sp³-hybridized carbons (Fsp3) is 0.429. The monoisotopic (exact) mass is 280 g/mol. The summed E-state index contributed by atoms with van der Waals surface area (Å²) in [5, 5.41) is 11.7. The summed E-state index contributed by atoms with van der Waals surface area (Å²) in [6.45, 7) is 3.66. The number of nitrogens with two attached hydrogens (primary N) is 1. The van der Waals surface area contributed by atoms with Crippen LogP contribution in [0.1, 0.15) is 37.0 Å². The molecule has 0 fully saturated rings. The van der Waals surface area contributed by atoms with Crippen LogP contribution in [-0.2, 0) is 4.79 Å². The van der Waals surface area contributed by atoms with Gasteiger partial charge in [-0.15, -0.1) is 0 Å². The molecule has 110 valence electrons. The molecule has 0 atom stereocenters. The van der Waals surface area contributed by atoms with Crippen LogP contribution in [0, 0.1) is 0 Å². The third-order valence-corrected chi connectivity index (χ3v) is 2.73. The molecule has 0 aliphatic heterocycles. The molecule has 0 aliphatic carbocycles. The summed E-state index contributed by atoms with van der Waals surface area (Å²) in [6, 6.07) is 4.40. The van der Waals surface area contributed by atoms with Gasteiger partial charge in [-0.25, -0.2) is 4.79 Å². The fourth-order valence-electron chi connectivity index (χ4n) is 1.59. The number of anilines is 1. The van der Waals surface area contributed by atoms with Gasteiger partial charge in [0.25, 0.3) is 0 Å². The summed E-state index contributed by atoms with van der Waals surface area (Å²) in [7, 11) is 1.47. The van der Waals surface area contributed by atoms with Crippen LogP contribution in [0.25, 0.3) is 0 Å². The molecule has 1 amide bonds. The highest BCUT2D eigenvalue weighted by Crippen LogP contribution is 2.23. The van der Waals surface area contributed by atoms with Gasteiger partial charge in [0.2, 0.25) is 5.91 Å². The average molecular weight is 280 g/mol. The molecule has 6 heteroatoms. The van der Waals surface area contributed by atoms with E-state index in [2.05, 4.69) is 5.32 Å². The second-order valence-corrected chi connectivity index (χ2v) is 5.25. The average Bonchev–Trinajstić information content (AvgIpc) is 2.35. The third-order valence-electron chi connectivity index (χ3n) is 2.73. The topological polar surface area (TPSA) is 102 Å². The Hall–Kier alpha value is -2.08. The molecule has 20 heavy (non-hydrogen) atoms. The zero-order valence-corrected chi connectivity index (χ0v) is 11.9. The summed E-state index contributed by atoms with van der Waals surface area (Å²) < 4.78 is 5.02. The lowest BCUT2D eigenvalue weighted by molar-refractivity contribution is -0.116. The van der Waals surface area contributed by atoms with Crippen molar-refractivity contribution in [2.45, 2.75) is 32.2 Å². The van der Waals surface area contributed by atoms with Gasteiger partial charge in [-0.2, -0.15) is 0 Å². The number of benzene rings is 1. The van der Waals surface area contributed by atoms with Gasteiger partial charge in [0.05, 0.1) is 18.4 Å². The van der Waals surface area contributed by atoms with E-state index in [1.807, 2.05) is 13.8 Å². The number of amides is 1. The predicted molar refractivity (Wildman–Crippen MR) is 76.1 cm³/mol. The fourth-order valence-corrected chi connectivity index (χ4v) is 1.59. The Kier molecular flexibility index (Phi) is 5.10. The minimum absolute atomic E-state index is 0.0196. The number of hydrogen-bond acceptors (Lipinski definition) is 4. The van der Waals surface area contributed by atoms with Crippen LogP contribution >= 0.6 is 0 Å².